The fraction of sp³-hybridized carbons (Fsp3) is 0.353. The fourth-order valence-electron chi connectivity index (χ4n) is 2.71. The lowest BCUT2D eigenvalue weighted by atomic mass is 10.2. The van der Waals surface area contributed by atoms with Gasteiger partial charge < -0.3 is 14.5 Å². The van der Waals surface area contributed by atoms with Gasteiger partial charge in [-0.05, 0) is 31.2 Å². The zero-order valence-electron chi connectivity index (χ0n) is 13.7. The largest absolute Gasteiger partial charge is 0.481 e. The summed E-state index contributed by atoms with van der Waals surface area (Å²) < 4.78 is 18.2. The molecule has 2 aromatic rings. The zero-order valence-corrected chi connectivity index (χ0v) is 13.7. The summed E-state index contributed by atoms with van der Waals surface area (Å²) in [5.74, 6) is 1.56. The van der Waals surface area contributed by atoms with E-state index < -0.39 is 0 Å². The second-order valence-electron chi connectivity index (χ2n) is 5.60. The first-order valence-corrected chi connectivity index (χ1v) is 7.76. The average Bonchev–Trinajstić information content (AvgIpc) is 2.61. The Morgan fingerprint density at radius 2 is 1.79 bits per heavy atom. The summed E-state index contributed by atoms with van der Waals surface area (Å²) in [4.78, 5) is 24.9. The molecule has 2 heterocycles. The number of carbonyl (C=O) groups excluding carboxylic acids is 1. The van der Waals surface area contributed by atoms with E-state index >= 15 is 0 Å². The van der Waals surface area contributed by atoms with Crippen molar-refractivity contribution in [1.82, 2.24) is 14.9 Å². The summed E-state index contributed by atoms with van der Waals surface area (Å²) in [5, 5.41) is 0. The Bertz CT molecular complexity index is 728. The smallest absolute Gasteiger partial charge is 0.253 e. The normalized spacial score (nSPS) is 14.6. The Morgan fingerprint density at radius 1 is 1.12 bits per heavy atom. The first-order valence-electron chi connectivity index (χ1n) is 7.76. The predicted octanol–water partition coefficient (Wildman–Crippen LogP) is 1.90. The number of anilines is 1. The molecule has 1 aromatic carbocycles. The van der Waals surface area contributed by atoms with Crippen LogP contribution in [0.15, 0.2) is 30.3 Å². The van der Waals surface area contributed by atoms with E-state index in [-0.39, 0.29) is 11.7 Å². The number of benzene rings is 1. The predicted molar refractivity (Wildman–Crippen MR) is 87.8 cm³/mol. The Morgan fingerprint density at radius 3 is 2.42 bits per heavy atom. The van der Waals surface area contributed by atoms with Crippen LogP contribution in [0.1, 0.15) is 16.2 Å². The third kappa shape index (κ3) is 3.45. The van der Waals surface area contributed by atoms with Crippen molar-refractivity contribution in [2.75, 3.05) is 38.2 Å². The molecule has 24 heavy (non-hydrogen) atoms. The standard InChI is InChI=1S/C17H19FN4O2/c1-12-19-15(11-16(20-12)24-2)21-7-9-22(10-8-21)17(23)13-3-5-14(18)6-4-13/h3-6,11H,7-10H2,1-2H3. The van der Waals surface area contributed by atoms with Gasteiger partial charge >= 0.3 is 0 Å². The third-order valence-electron chi connectivity index (χ3n) is 3.99. The minimum Gasteiger partial charge on any atom is -0.481 e. The van der Waals surface area contributed by atoms with Crippen LogP contribution in [-0.2, 0) is 0 Å². The molecular weight excluding hydrogens is 311 g/mol. The lowest BCUT2D eigenvalue weighted by Gasteiger charge is -2.35. The van der Waals surface area contributed by atoms with Gasteiger partial charge in [-0.25, -0.2) is 9.37 Å². The molecule has 0 atom stereocenters. The fourth-order valence-corrected chi connectivity index (χ4v) is 2.71. The number of hydrogen-bond donors (Lipinski definition) is 0. The maximum Gasteiger partial charge on any atom is 0.253 e. The highest BCUT2D eigenvalue weighted by molar-refractivity contribution is 5.94. The highest BCUT2D eigenvalue weighted by Gasteiger charge is 2.23. The lowest BCUT2D eigenvalue weighted by Crippen LogP contribution is -2.49. The van der Waals surface area contributed by atoms with E-state index in [4.69, 9.17) is 4.74 Å². The van der Waals surface area contributed by atoms with Crippen LogP contribution in [0.5, 0.6) is 5.88 Å². The van der Waals surface area contributed by atoms with E-state index in [9.17, 15) is 9.18 Å². The maximum absolute atomic E-state index is 13.0. The molecule has 3 rings (SSSR count). The summed E-state index contributed by atoms with van der Waals surface area (Å²) >= 11 is 0. The van der Waals surface area contributed by atoms with E-state index in [1.54, 1.807) is 18.1 Å². The van der Waals surface area contributed by atoms with Gasteiger partial charge in [-0.3, -0.25) is 4.79 Å². The van der Waals surface area contributed by atoms with Crippen molar-refractivity contribution in [3.8, 4) is 5.88 Å². The molecule has 0 unspecified atom stereocenters. The van der Waals surface area contributed by atoms with Crippen molar-refractivity contribution in [2.45, 2.75) is 6.92 Å². The number of amides is 1. The van der Waals surface area contributed by atoms with Crippen LogP contribution in [-0.4, -0.2) is 54.1 Å². The van der Waals surface area contributed by atoms with Crippen LogP contribution < -0.4 is 9.64 Å². The number of rotatable bonds is 3. The third-order valence-corrected chi connectivity index (χ3v) is 3.99. The molecule has 6 nitrogen and oxygen atoms in total. The van der Waals surface area contributed by atoms with E-state index in [2.05, 4.69) is 14.9 Å². The molecule has 0 bridgehead atoms. The van der Waals surface area contributed by atoms with Crippen molar-refractivity contribution in [3.05, 3.63) is 47.5 Å². The number of halogens is 1. The van der Waals surface area contributed by atoms with E-state index in [1.807, 2.05) is 6.92 Å². The van der Waals surface area contributed by atoms with Crippen LogP contribution in [0.25, 0.3) is 0 Å². The molecule has 126 valence electrons. The minimum atomic E-state index is -0.343. The molecule has 0 spiro atoms. The van der Waals surface area contributed by atoms with Crippen molar-refractivity contribution in [3.63, 3.8) is 0 Å². The Balaban J connectivity index is 1.66. The summed E-state index contributed by atoms with van der Waals surface area (Å²) in [6, 6.07) is 7.44. The highest BCUT2D eigenvalue weighted by atomic mass is 19.1. The van der Waals surface area contributed by atoms with Crippen molar-refractivity contribution < 1.29 is 13.9 Å². The molecule has 7 heteroatoms. The molecule has 0 radical (unpaired) electrons. The molecule has 1 fully saturated rings. The van der Waals surface area contributed by atoms with Gasteiger partial charge in [-0.15, -0.1) is 0 Å². The number of piperazine rings is 1. The molecule has 1 saturated heterocycles. The number of aryl methyl sites for hydroxylation is 1. The number of hydrogen-bond acceptors (Lipinski definition) is 5. The van der Waals surface area contributed by atoms with Crippen LogP contribution in [0.2, 0.25) is 0 Å². The van der Waals surface area contributed by atoms with E-state index in [0.717, 1.165) is 5.82 Å². The number of ether oxygens (including phenoxy) is 1. The summed E-state index contributed by atoms with van der Waals surface area (Å²) in [5.41, 5.74) is 0.504. The zero-order chi connectivity index (χ0) is 17.1. The minimum absolute atomic E-state index is 0.0777. The van der Waals surface area contributed by atoms with Crippen molar-refractivity contribution in [2.24, 2.45) is 0 Å². The van der Waals surface area contributed by atoms with Gasteiger partial charge in [0.05, 0.1) is 7.11 Å². The average molecular weight is 330 g/mol. The molecule has 0 aliphatic carbocycles. The van der Waals surface area contributed by atoms with E-state index in [0.29, 0.717) is 43.4 Å². The van der Waals surface area contributed by atoms with Crippen molar-refractivity contribution >= 4 is 11.7 Å². The Hall–Kier alpha value is -2.70. The monoisotopic (exact) mass is 330 g/mol. The van der Waals surface area contributed by atoms with Gasteiger partial charge in [0, 0.05) is 37.8 Å². The molecule has 0 N–H and O–H groups in total. The van der Waals surface area contributed by atoms with E-state index in [1.165, 1.54) is 24.3 Å². The van der Waals surface area contributed by atoms with Gasteiger partial charge in [-0.1, -0.05) is 0 Å². The molecule has 1 amide bonds. The number of aromatic nitrogens is 2. The lowest BCUT2D eigenvalue weighted by molar-refractivity contribution is 0.0746. The Kier molecular flexibility index (Phi) is 4.59. The second-order valence-corrected chi connectivity index (χ2v) is 5.60. The SMILES string of the molecule is COc1cc(N2CCN(C(=O)c3ccc(F)cc3)CC2)nc(C)n1. The molecule has 1 aliphatic heterocycles. The molecule has 1 aliphatic rings. The Labute approximate surface area is 139 Å². The second kappa shape index (κ2) is 6.82. The molecule has 1 aromatic heterocycles. The van der Waals surface area contributed by atoms with Gasteiger partial charge in [-0.2, -0.15) is 4.98 Å². The first kappa shape index (κ1) is 16.2. The van der Waals surface area contributed by atoms with Crippen LogP contribution in [0.4, 0.5) is 10.2 Å². The highest BCUT2D eigenvalue weighted by Crippen LogP contribution is 2.19. The first-order chi connectivity index (χ1) is 11.6. The van der Waals surface area contributed by atoms with Gasteiger partial charge in [0.25, 0.3) is 5.91 Å². The van der Waals surface area contributed by atoms with Crippen LogP contribution in [0.3, 0.4) is 0 Å². The van der Waals surface area contributed by atoms with Gasteiger partial charge in [0.1, 0.15) is 17.5 Å². The maximum atomic E-state index is 13.0. The summed E-state index contributed by atoms with van der Waals surface area (Å²) in [7, 11) is 1.57. The van der Waals surface area contributed by atoms with Crippen molar-refractivity contribution in [1.29, 1.82) is 0 Å². The summed E-state index contributed by atoms with van der Waals surface area (Å²) in [6.07, 6.45) is 0. The summed E-state index contributed by atoms with van der Waals surface area (Å²) in [6.45, 7) is 4.34. The van der Waals surface area contributed by atoms with Gasteiger partial charge in [0.2, 0.25) is 5.88 Å². The topological polar surface area (TPSA) is 58.6 Å². The van der Waals surface area contributed by atoms with Gasteiger partial charge in [0.15, 0.2) is 0 Å². The van der Waals surface area contributed by atoms with Crippen LogP contribution in [0, 0.1) is 12.7 Å². The number of methoxy groups -OCH3 is 1. The number of nitrogens with zero attached hydrogens (tertiary/aromatic N) is 4. The number of carbonyl (C=O) groups is 1. The molecular formula is C17H19FN4O2. The quantitative estimate of drug-likeness (QED) is 0.860. The molecule has 0 saturated carbocycles. The van der Waals surface area contributed by atoms with Crippen LogP contribution >= 0.6 is 0 Å².